The van der Waals surface area contributed by atoms with Crippen molar-refractivity contribution >= 4 is 22.0 Å². The van der Waals surface area contributed by atoms with Gasteiger partial charge in [0.25, 0.3) is 0 Å². The number of benzene rings is 1. The van der Waals surface area contributed by atoms with Crippen molar-refractivity contribution in [3.8, 4) is 0 Å². The van der Waals surface area contributed by atoms with Gasteiger partial charge in [-0.25, -0.2) is 8.78 Å². The third-order valence-corrected chi connectivity index (χ3v) is 2.12. The minimum atomic E-state index is -0.603. The van der Waals surface area contributed by atoms with E-state index >= 15 is 0 Å². The minimum Gasteiger partial charge on any atom is -0.327 e. The van der Waals surface area contributed by atoms with E-state index in [2.05, 4.69) is 15.9 Å². The van der Waals surface area contributed by atoms with E-state index in [4.69, 9.17) is 5.73 Å². The zero-order valence-electron chi connectivity index (χ0n) is 6.73. The van der Waals surface area contributed by atoms with E-state index in [1.54, 1.807) is 6.08 Å². The van der Waals surface area contributed by atoms with Gasteiger partial charge in [-0.2, -0.15) is 0 Å². The van der Waals surface area contributed by atoms with E-state index < -0.39 is 11.6 Å². The Balaban J connectivity index is 3.13. The van der Waals surface area contributed by atoms with Gasteiger partial charge in [-0.3, -0.25) is 0 Å². The summed E-state index contributed by atoms with van der Waals surface area (Å²) < 4.78 is 26.1. The maximum atomic E-state index is 13.1. The lowest BCUT2D eigenvalue weighted by Gasteiger charge is -2.00. The van der Waals surface area contributed by atoms with Crippen molar-refractivity contribution in [3.05, 3.63) is 39.9 Å². The molecule has 13 heavy (non-hydrogen) atoms. The number of rotatable bonds is 2. The molecule has 0 bridgehead atoms. The smallest absolute Gasteiger partial charge is 0.134 e. The predicted molar refractivity (Wildman–Crippen MR) is 52.1 cm³/mol. The van der Waals surface area contributed by atoms with Crippen molar-refractivity contribution < 1.29 is 8.78 Å². The van der Waals surface area contributed by atoms with E-state index in [0.29, 0.717) is 16.6 Å². The fraction of sp³-hybridized carbons (Fsp3) is 0.111. The predicted octanol–water partition coefficient (Wildman–Crippen LogP) is 2.70. The van der Waals surface area contributed by atoms with Gasteiger partial charge in [0.1, 0.15) is 11.6 Å². The first-order valence-corrected chi connectivity index (χ1v) is 4.45. The highest BCUT2D eigenvalue weighted by atomic mass is 79.9. The van der Waals surface area contributed by atoms with Crippen LogP contribution in [0, 0.1) is 11.6 Å². The SMILES string of the molecule is NCC=Cc1c(F)cc(F)cc1Br. The molecule has 0 saturated heterocycles. The molecule has 0 amide bonds. The Morgan fingerprint density at radius 1 is 1.38 bits per heavy atom. The van der Waals surface area contributed by atoms with Crippen LogP contribution >= 0.6 is 15.9 Å². The van der Waals surface area contributed by atoms with Gasteiger partial charge >= 0.3 is 0 Å². The highest BCUT2D eigenvalue weighted by Gasteiger charge is 2.05. The average molecular weight is 248 g/mol. The van der Waals surface area contributed by atoms with Crippen molar-refractivity contribution in [2.24, 2.45) is 5.73 Å². The summed E-state index contributed by atoms with van der Waals surface area (Å²) in [5, 5.41) is 0. The van der Waals surface area contributed by atoms with Gasteiger partial charge in [0.05, 0.1) is 0 Å². The maximum absolute atomic E-state index is 13.1. The van der Waals surface area contributed by atoms with Gasteiger partial charge in [-0.15, -0.1) is 0 Å². The Labute approximate surface area is 83.4 Å². The number of hydrogen-bond acceptors (Lipinski definition) is 1. The molecule has 1 aromatic rings. The molecule has 0 heterocycles. The highest BCUT2D eigenvalue weighted by Crippen LogP contribution is 2.22. The molecule has 0 atom stereocenters. The van der Waals surface area contributed by atoms with Crippen LogP contribution in [0.3, 0.4) is 0 Å². The lowest BCUT2D eigenvalue weighted by atomic mass is 10.2. The molecule has 1 nitrogen and oxygen atoms in total. The van der Waals surface area contributed by atoms with Crippen LogP contribution < -0.4 is 5.73 Å². The van der Waals surface area contributed by atoms with E-state index in [9.17, 15) is 8.78 Å². The molecule has 0 unspecified atom stereocenters. The number of halogens is 3. The highest BCUT2D eigenvalue weighted by molar-refractivity contribution is 9.10. The second kappa shape index (κ2) is 4.48. The quantitative estimate of drug-likeness (QED) is 0.855. The lowest BCUT2D eigenvalue weighted by molar-refractivity contribution is 0.580. The van der Waals surface area contributed by atoms with Crippen molar-refractivity contribution in [2.75, 3.05) is 6.54 Å². The zero-order valence-corrected chi connectivity index (χ0v) is 8.31. The molecule has 1 rings (SSSR count). The van der Waals surface area contributed by atoms with Crippen LogP contribution in [0.1, 0.15) is 5.56 Å². The summed E-state index contributed by atoms with van der Waals surface area (Å²) in [6.07, 6.45) is 3.11. The molecule has 1 aromatic carbocycles. The summed E-state index contributed by atoms with van der Waals surface area (Å²) in [4.78, 5) is 0. The van der Waals surface area contributed by atoms with Crippen LogP contribution in [0.25, 0.3) is 6.08 Å². The molecule has 0 saturated carbocycles. The molecular formula is C9H8BrF2N. The largest absolute Gasteiger partial charge is 0.327 e. The Hall–Kier alpha value is -0.740. The Morgan fingerprint density at radius 3 is 2.62 bits per heavy atom. The van der Waals surface area contributed by atoms with Crippen molar-refractivity contribution in [2.45, 2.75) is 0 Å². The lowest BCUT2D eigenvalue weighted by Crippen LogP contribution is -1.93. The molecule has 0 fully saturated rings. The molecule has 2 N–H and O–H groups in total. The fourth-order valence-electron chi connectivity index (χ4n) is 0.898. The van der Waals surface area contributed by atoms with Gasteiger partial charge in [0.15, 0.2) is 0 Å². The van der Waals surface area contributed by atoms with Crippen molar-refractivity contribution in [3.63, 3.8) is 0 Å². The van der Waals surface area contributed by atoms with Crippen LogP contribution in [0.2, 0.25) is 0 Å². The van der Waals surface area contributed by atoms with E-state index in [-0.39, 0.29) is 0 Å². The van der Waals surface area contributed by atoms with E-state index in [1.807, 2.05) is 0 Å². The third kappa shape index (κ3) is 2.60. The first-order chi connectivity index (χ1) is 6.15. The molecule has 0 aliphatic heterocycles. The van der Waals surface area contributed by atoms with Crippen molar-refractivity contribution in [1.29, 1.82) is 0 Å². The van der Waals surface area contributed by atoms with Gasteiger partial charge < -0.3 is 5.73 Å². The zero-order chi connectivity index (χ0) is 9.84. The van der Waals surface area contributed by atoms with E-state index in [1.165, 1.54) is 12.1 Å². The third-order valence-electron chi connectivity index (χ3n) is 1.46. The normalized spacial score (nSPS) is 11.1. The number of hydrogen-bond donors (Lipinski definition) is 1. The van der Waals surface area contributed by atoms with Crippen LogP contribution in [-0.2, 0) is 0 Å². The van der Waals surface area contributed by atoms with Crippen molar-refractivity contribution in [1.82, 2.24) is 0 Å². The molecule has 0 aliphatic carbocycles. The van der Waals surface area contributed by atoms with Gasteiger partial charge in [0, 0.05) is 22.6 Å². The first kappa shape index (κ1) is 10.3. The maximum Gasteiger partial charge on any atom is 0.134 e. The fourth-order valence-corrected chi connectivity index (χ4v) is 1.44. The summed E-state index contributed by atoms with van der Waals surface area (Å²) >= 11 is 3.06. The minimum absolute atomic E-state index is 0.312. The topological polar surface area (TPSA) is 26.0 Å². The Bertz CT molecular complexity index is 313. The molecule has 0 radical (unpaired) electrons. The summed E-state index contributed by atoms with van der Waals surface area (Å²) in [6.45, 7) is 0.323. The molecule has 0 aliphatic rings. The second-order valence-corrected chi connectivity index (χ2v) is 3.28. The average Bonchev–Trinajstić information content (AvgIpc) is 2.02. The first-order valence-electron chi connectivity index (χ1n) is 3.66. The summed E-state index contributed by atoms with van der Waals surface area (Å²) in [5.74, 6) is -1.20. The molecular weight excluding hydrogens is 240 g/mol. The summed E-state index contributed by atoms with van der Waals surface area (Å²) in [7, 11) is 0. The van der Waals surface area contributed by atoms with Gasteiger partial charge in [-0.1, -0.05) is 12.2 Å². The monoisotopic (exact) mass is 247 g/mol. The van der Waals surface area contributed by atoms with Crippen LogP contribution in [-0.4, -0.2) is 6.54 Å². The summed E-state index contributed by atoms with van der Waals surface area (Å²) in [5.41, 5.74) is 5.52. The molecule has 0 spiro atoms. The van der Waals surface area contributed by atoms with Crippen LogP contribution in [0.4, 0.5) is 8.78 Å². The second-order valence-electron chi connectivity index (χ2n) is 2.42. The molecule has 0 aromatic heterocycles. The summed E-state index contributed by atoms with van der Waals surface area (Å²) in [6, 6.07) is 2.04. The molecule has 4 heteroatoms. The van der Waals surface area contributed by atoms with Gasteiger partial charge in [0.2, 0.25) is 0 Å². The van der Waals surface area contributed by atoms with Crippen LogP contribution in [0.5, 0.6) is 0 Å². The Kier molecular flexibility index (Phi) is 3.57. The van der Waals surface area contributed by atoms with Gasteiger partial charge in [-0.05, 0) is 22.0 Å². The standard InChI is InChI=1S/C9H8BrF2N/c10-8-4-6(11)5-9(12)7(8)2-1-3-13/h1-2,4-5H,3,13H2. The van der Waals surface area contributed by atoms with Crippen LogP contribution in [0.15, 0.2) is 22.7 Å². The number of nitrogens with two attached hydrogens (primary N) is 1. The Morgan fingerprint density at radius 2 is 2.08 bits per heavy atom. The van der Waals surface area contributed by atoms with E-state index in [0.717, 1.165) is 6.07 Å². The molecule has 70 valence electrons.